The van der Waals surface area contributed by atoms with E-state index in [0.29, 0.717) is 13.2 Å². The van der Waals surface area contributed by atoms with Crippen LogP contribution in [-0.4, -0.2) is 37.6 Å². The number of hydrogen-bond acceptors (Lipinski definition) is 3. The first-order valence-corrected chi connectivity index (χ1v) is 5.47. The van der Waals surface area contributed by atoms with Crippen LogP contribution in [0.1, 0.15) is 12.8 Å². The van der Waals surface area contributed by atoms with E-state index < -0.39 is 11.9 Å². The van der Waals surface area contributed by atoms with Gasteiger partial charge in [-0.1, -0.05) is 0 Å². The first-order valence-electron chi connectivity index (χ1n) is 4.93. The van der Waals surface area contributed by atoms with Gasteiger partial charge in [-0.15, -0.1) is 11.6 Å². The molecule has 1 fully saturated rings. The Bertz CT molecular complexity index is 231. The second-order valence-corrected chi connectivity index (χ2v) is 3.72. The van der Waals surface area contributed by atoms with E-state index in [1.807, 2.05) is 0 Å². The number of imide groups is 1. The zero-order valence-electron chi connectivity index (χ0n) is 8.42. The summed E-state index contributed by atoms with van der Waals surface area (Å²) in [7, 11) is 0. The number of amides is 3. The van der Waals surface area contributed by atoms with Gasteiger partial charge in [-0.2, -0.15) is 0 Å². The van der Waals surface area contributed by atoms with Crippen molar-refractivity contribution in [3.8, 4) is 0 Å². The highest BCUT2D eigenvalue weighted by Gasteiger charge is 2.20. The van der Waals surface area contributed by atoms with Gasteiger partial charge in [0, 0.05) is 13.2 Å². The number of carbonyl (C=O) groups is 2. The summed E-state index contributed by atoms with van der Waals surface area (Å²) in [5, 5.41) is 4.55. The Labute approximate surface area is 93.5 Å². The van der Waals surface area contributed by atoms with E-state index in [9.17, 15) is 9.59 Å². The molecule has 6 heteroatoms. The van der Waals surface area contributed by atoms with Gasteiger partial charge in [0.1, 0.15) is 5.88 Å². The smallest absolute Gasteiger partial charge is 0.321 e. The van der Waals surface area contributed by atoms with Crippen molar-refractivity contribution < 1.29 is 14.3 Å². The maximum atomic E-state index is 11.0. The fourth-order valence-electron chi connectivity index (χ4n) is 0.975. The lowest BCUT2D eigenvalue weighted by Gasteiger charge is -2.05. The number of urea groups is 1. The van der Waals surface area contributed by atoms with Crippen LogP contribution < -0.4 is 10.6 Å². The van der Waals surface area contributed by atoms with E-state index >= 15 is 0 Å². The summed E-state index contributed by atoms with van der Waals surface area (Å²) in [6, 6.07) is -0.532. The molecule has 0 unspecified atom stereocenters. The average Bonchev–Trinajstić information content (AvgIpc) is 3.01. The summed E-state index contributed by atoms with van der Waals surface area (Å²) in [6.45, 7) is 1.64. The summed E-state index contributed by atoms with van der Waals surface area (Å²) < 4.78 is 5.29. The Balaban J connectivity index is 1.89. The maximum absolute atomic E-state index is 11.0. The monoisotopic (exact) mass is 234 g/mol. The molecule has 86 valence electrons. The molecule has 0 spiro atoms. The molecule has 0 aromatic carbocycles. The van der Waals surface area contributed by atoms with E-state index in [4.69, 9.17) is 16.3 Å². The summed E-state index contributed by atoms with van der Waals surface area (Å²) >= 11 is 5.20. The molecule has 0 aromatic heterocycles. The van der Waals surface area contributed by atoms with Crippen molar-refractivity contribution in [2.24, 2.45) is 5.92 Å². The molecule has 3 amide bonds. The third kappa shape index (κ3) is 6.30. The molecular weight excluding hydrogens is 220 g/mol. The van der Waals surface area contributed by atoms with Crippen LogP contribution in [0.3, 0.4) is 0 Å². The standard InChI is InChI=1S/C9H15ClN2O3/c10-5-8(13)12-9(14)11-3-4-15-6-7-1-2-7/h7H,1-6H2,(H2,11,12,13,14). The first-order chi connectivity index (χ1) is 7.22. The minimum Gasteiger partial charge on any atom is -0.379 e. The van der Waals surface area contributed by atoms with Gasteiger partial charge in [-0.25, -0.2) is 4.79 Å². The highest BCUT2D eigenvalue weighted by Crippen LogP contribution is 2.28. The van der Waals surface area contributed by atoms with Crippen LogP contribution in [0.2, 0.25) is 0 Å². The Morgan fingerprint density at radius 1 is 1.40 bits per heavy atom. The fraction of sp³-hybridized carbons (Fsp3) is 0.778. The predicted octanol–water partition coefficient (Wildman–Crippen LogP) is 0.478. The molecule has 0 heterocycles. The van der Waals surface area contributed by atoms with Gasteiger partial charge in [0.25, 0.3) is 0 Å². The van der Waals surface area contributed by atoms with Gasteiger partial charge in [0.2, 0.25) is 5.91 Å². The van der Waals surface area contributed by atoms with Crippen molar-refractivity contribution in [1.29, 1.82) is 0 Å². The lowest BCUT2D eigenvalue weighted by atomic mass is 10.5. The lowest BCUT2D eigenvalue weighted by molar-refractivity contribution is -0.117. The van der Waals surface area contributed by atoms with Gasteiger partial charge >= 0.3 is 6.03 Å². The van der Waals surface area contributed by atoms with Crippen LogP contribution in [0.15, 0.2) is 0 Å². The molecule has 0 atom stereocenters. The molecule has 15 heavy (non-hydrogen) atoms. The first kappa shape index (κ1) is 12.3. The van der Waals surface area contributed by atoms with Crippen LogP contribution in [-0.2, 0) is 9.53 Å². The fourth-order valence-corrected chi connectivity index (χ4v) is 1.04. The van der Waals surface area contributed by atoms with Crippen molar-refractivity contribution in [2.45, 2.75) is 12.8 Å². The molecule has 0 bridgehead atoms. The lowest BCUT2D eigenvalue weighted by Crippen LogP contribution is -2.41. The predicted molar refractivity (Wildman–Crippen MR) is 55.8 cm³/mol. The zero-order valence-corrected chi connectivity index (χ0v) is 9.18. The second kappa shape index (κ2) is 6.63. The van der Waals surface area contributed by atoms with Gasteiger partial charge in [-0.05, 0) is 18.8 Å². The van der Waals surface area contributed by atoms with Gasteiger partial charge in [0.05, 0.1) is 6.61 Å². The molecule has 1 rings (SSSR count). The normalized spacial score (nSPS) is 14.7. The molecule has 0 aliphatic heterocycles. The quantitative estimate of drug-likeness (QED) is 0.519. The number of halogens is 1. The van der Waals surface area contributed by atoms with Gasteiger partial charge < -0.3 is 10.1 Å². The second-order valence-electron chi connectivity index (χ2n) is 3.46. The minimum atomic E-state index is -0.532. The van der Waals surface area contributed by atoms with E-state index in [1.165, 1.54) is 12.8 Å². The summed E-state index contributed by atoms with van der Waals surface area (Å²) in [5.74, 6) is -0.00396. The summed E-state index contributed by atoms with van der Waals surface area (Å²) in [5.41, 5.74) is 0. The third-order valence-electron chi connectivity index (χ3n) is 1.96. The summed E-state index contributed by atoms with van der Waals surface area (Å²) in [6.07, 6.45) is 2.50. The number of nitrogens with one attached hydrogen (secondary N) is 2. The molecule has 1 aliphatic rings. The highest BCUT2D eigenvalue weighted by molar-refractivity contribution is 6.28. The van der Waals surface area contributed by atoms with E-state index in [0.717, 1.165) is 12.5 Å². The molecule has 0 aromatic rings. The maximum Gasteiger partial charge on any atom is 0.321 e. The minimum absolute atomic E-state index is 0.217. The largest absolute Gasteiger partial charge is 0.379 e. The van der Waals surface area contributed by atoms with E-state index in [-0.39, 0.29) is 5.88 Å². The third-order valence-corrected chi connectivity index (χ3v) is 2.20. The van der Waals surface area contributed by atoms with E-state index in [2.05, 4.69) is 10.6 Å². The van der Waals surface area contributed by atoms with Crippen molar-refractivity contribution >= 4 is 23.5 Å². The Morgan fingerprint density at radius 2 is 2.13 bits per heavy atom. The molecule has 1 saturated carbocycles. The van der Waals surface area contributed by atoms with Crippen LogP contribution in [0.25, 0.3) is 0 Å². The van der Waals surface area contributed by atoms with Crippen LogP contribution in [0.4, 0.5) is 4.79 Å². The van der Waals surface area contributed by atoms with Crippen molar-refractivity contribution in [2.75, 3.05) is 25.6 Å². The molecule has 0 saturated heterocycles. The zero-order chi connectivity index (χ0) is 11.1. The van der Waals surface area contributed by atoms with Crippen molar-refractivity contribution in [3.63, 3.8) is 0 Å². The molecule has 2 N–H and O–H groups in total. The average molecular weight is 235 g/mol. The van der Waals surface area contributed by atoms with E-state index in [1.54, 1.807) is 0 Å². The molecular formula is C9H15ClN2O3. The van der Waals surface area contributed by atoms with Gasteiger partial charge in [0.15, 0.2) is 0 Å². The number of ether oxygens (including phenoxy) is 1. The Morgan fingerprint density at radius 3 is 2.73 bits per heavy atom. The van der Waals surface area contributed by atoms with Crippen LogP contribution in [0, 0.1) is 5.92 Å². The Hall–Kier alpha value is -0.810. The van der Waals surface area contributed by atoms with Crippen LogP contribution >= 0.6 is 11.6 Å². The summed E-state index contributed by atoms with van der Waals surface area (Å²) in [4.78, 5) is 21.6. The Kier molecular flexibility index (Phi) is 5.42. The number of carbonyl (C=O) groups excluding carboxylic acids is 2. The molecule has 5 nitrogen and oxygen atoms in total. The highest BCUT2D eigenvalue weighted by atomic mass is 35.5. The van der Waals surface area contributed by atoms with Crippen LogP contribution in [0.5, 0.6) is 0 Å². The van der Waals surface area contributed by atoms with Gasteiger partial charge in [-0.3, -0.25) is 10.1 Å². The topological polar surface area (TPSA) is 67.4 Å². The molecule has 0 radical (unpaired) electrons. The molecule has 1 aliphatic carbocycles. The van der Waals surface area contributed by atoms with Crippen molar-refractivity contribution in [1.82, 2.24) is 10.6 Å². The number of alkyl halides is 1. The SMILES string of the molecule is O=C(CCl)NC(=O)NCCOCC1CC1. The van der Waals surface area contributed by atoms with Crippen molar-refractivity contribution in [3.05, 3.63) is 0 Å². The number of hydrogen-bond donors (Lipinski definition) is 2. The number of rotatable bonds is 6.